The molecular weight excluding hydrogens is 320 g/mol. The van der Waals surface area contributed by atoms with E-state index >= 15 is 0 Å². The second-order valence-electron chi connectivity index (χ2n) is 4.96. The molecule has 5 nitrogen and oxygen atoms in total. The van der Waals surface area contributed by atoms with Crippen LogP contribution in [0.15, 0.2) is 57.8 Å². The maximum Gasteiger partial charge on any atom is 0.257 e. The molecule has 0 saturated heterocycles. The highest BCUT2D eigenvalue weighted by Crippen LogP contribution is 2.44. The van der Waals surface area contributed by atoms with Crippen LogP contribution in [0.25, 0.3) is 0 Å². The van der Waals surface area contributed by atoms with E-state index in [4.69, 9.17) is 4.74 Å². The fourth-order valence-corrected chi connectivity index (χ4v) is 4.68. The lowest BCUT2D eigenvalue weighted by atomic mass is 10.2. The van der Waals surface area contributed by atoms with Crippen molar-refractivity contribution < 1.29 is 13.2 Å². The van der Waals surface area contributed by atoms with Crippen molar-refractivity contribution >= 4 is 32.6 Å². The standard InChI is InChI=1S/C15H12N2O3S2/c18-22(19)9-8-17-13-7-6-12(10-14(13)21-15(17)16-22)20-11-4-2-1-3-5-11/h1-7,10H,8-9H2. The zero-order valence-corrected chi connectivity index (χ0v) is 13.1. The van der Waals surface area contributed by atoms with Crippen LogP contribution >= 0.6 is 11.8 Å². The number of nitrogens with zero attached hydrogens (tertiary/aromatic N) is 2. The molecule has 0 aliphatic carbocycles. The molecule has 2 aromatic carbocycles. The number of hydrogen-bond acceptors (Lipinski definition) is 5. The number of ether oxygens (including phenoxy) is 1. The second kappa shape index (κ2) is 5.03. The summed E-state index contributed by atoms with van der Waals surface area (Å²) in [6.45, 7) is 0.444. The van der Waals surface area contributed by atoms with Crippen LogP contribution in [0.5, 0.6) is 11.5 Å². The normalized spacial score (nSPS) is 18.4. The summed E-state index contributed by atoms with van der Waals surface area (Å²) in [5.74, 6) is 1.54. The number of fused-ring (bicyclic) bond motifs is 3. The van der Waals surface area contributed by atoms with Crippen LogP contribution in [0.2, 0.25) is 0 Å². The van der Waals surface area contributed by atoms with Crippen molar-refractivity contribution in [3.05, 3.63) is 48.5 Å². The summed E-state index contributed by atoms with van der Waals surface area (Å²) in [4.78, 5) is 2.90. The number of sulfonamides is 1. The first kappa shape index (κ1) is 13.7. The first-order valence-corrected chi connectivity index (χ1v) is 9.18. The molecular formula is C15H12N2O3S2. The second-order valence-corrected chi connectivity index (χ2v) is 7.72. The van der Waals surface area contributed by atoms with Gasteiger partial charge < -0.3 is 9.64 Å². The van der Waals surface area contributed by atoms with Crippen LogP contribution in [0, 0.1) is 0 Å². The number of hydrogen-bond donors (Lipinski definition) is 0. The highest BCUT2D eigenvalue weighted by atomic mass is 32.2. The van der Waals surface area contributed by atoms with E-state index in [2.05, 4.69) is 4.40 Å². The van der Waals surface area contributed by atoms with Gasteiger partial charge in [-0.3, -0.25) is 0 Å². The molecule has 2 aliphatic heterocycles. The third kappa shape index (κ3) is 2.46. The van der Waals surface area contributed by atoms with Gasteiger partial charge in [-0.05, 0) is 42.1 Å². The van der Waals surface area contributed by atoms with Gasteiger partial charge in [0.25, 0.3) is 10.0 Å². The van der Waals surface area contributed by atoms with E-state index in [1.54, 1.807) is 0 Å². The maximum atomic E-state index is 11.6. The molecule has 0 fully saturated rings. The van der Waals surface area contributed by atoms with Gasteiger partial charge in [-0.1, -0.05) is 18.2 Å². The summed E-state index contributed by atoms with van der Waals surface area (Å²) in [5, 5.41) is 0.526. The third-order valence-corrected chi connectivity index (χ3v) is 5.73. The molecule has 0 aromatic heterocycles. The van der Waals surface area contributed by atoms with Crippen molar-refractivity contribution in [3.8, 4) is 11.5 Å². The van der Waals surface area contributed by atoms with E-state index in [0.29, 0.717) is 11.7 Å². The first-order valence-electron chi connectivity index (χ1n) is 6.76. The van der Waals surface area contributed by atoms with Crippen LogP contribution in [0.3, 0.4) is 0 Å². The lowest BCUT2D eigenvalue weighted by molar-refractivity contribution is 0.481. The molecule has 0 spiro atoms. The Kier molecular flexibility index (Phi) is 3.12. The van der Waals surface area contributed by atoms with E-state index in [9.17, 15) is 8.42 Å². The minimum Gasteiger partial charge on any atom is -0.457 e. The summed E-state index contributed by atoms with van der Waals surface area (Å²) in [6.07, 6.45) is 0. The van der Waals surface area contributed by atoms with Crippen LogP contribution in [-0.4, -0.2) is 25.9 Å². The number of amidine groups is 1. The quantitative estimate of drug-likeness (QED) is 0.846. The molecule has 7 heteroatoms. The molecule has 0 radical (unpaired) electrons. The Labute approximate surface area is 132 Å². The Morgan fingerprint density at radius 3 is 2.73 bits per heavy atom. The Hall–Kier alpha value is -1.99. The molecule has 0 amide bonds. The van der Waals surface area contributed by atoms with Crippen LogP contribution in [0.4, 0.5) is 5.69 Å². The Bertz CT molecular complexity index is 864. The van der Waals surface area contributed by atoms with Crippen molar-refractivity contribution in [1.82, 2.24) is 0 Å². The molecule has 2 aliphatic rings. The summed E-state index contributed by atoms with van der Waals surface area (Å²) < 4.78 is 32.8. The molecule has 0 bridgehead atoms. The summed E-state index contributed by atoms with van der Waals surface area (Å²) >= 11 is 1.36. The van der Waals surface area contributed by atoms with Crippen molar-refractivity contribution in [2.24, 2.45) is 4.40 Å². The smallest absolute Gasteiger partial charge is 0.257 e. The van der Waals surface area contributed by atoms with Gasteiger partial charge in [-0.15, -0.1) is 4.40 Å². The summed E-state index contributed by atoms with van der Waals surface area (Å²) in [5.41, 5.74) is 0.985. The van der Waals surface area contributed by atoms with Gasteiger partial charge in [0.15, 0.2) is 5.17 Å². The van der Waals surface area contributed by atoms with E-state index in [-0.39, 0.29) is 5.75 Å². The zero-order valence-electron chi connectivity index (χ0n) is 11.5. The molecule has 0 unspecified atom stereocenters. The average molecular weight is 332 g/mol. The molecule has 4 rings (SSSR count). The van der Waals surface area contributed by atoms with E-state index < -0.39 is 10.0 Å². The summed E-state index contributed by atoms with van der Waals surface area (Å²) in [6, 6.07) is 15.3. The topological polar surface area (TPSA) is 59.0 Å². The first-order chi connectivity index (χ1) is 10.6. The van der Waals surface area contributed by atoms with Gasteiger partial charge in [0.05, 0.1) is 11.4 Å². The van der Waals surface area contributed by atoms with E-state index in [0.717, 1.165) is 22.1 Å². The Morgan fingerprint density at radius 1 is 1.09 bits per heavy atom. The fraction of sp³-hybridized carbons (Fsp3) is 0.133. The highest BCUT2D eigenvalue weighted by molar-refractivity contribution is 8.15. The monoisotopic (exact) mass is 332 g/mol. The Balaban J connectivity index is 1.65. The molecule has 112 valence electrons. The molecule has 0 saturated carbocycles. The minimum atomic E-state index is -3.32. The average Bonchev–Trinajstić information content (AvgIpc) is 2.83. The third-order valence-electron chi connectivity index (χ3n) is 3.42. The zero-order chi connectivity index (χ0) is 15.2. The predicted octanol–water partition coefficient (Wildman–Crippen LogP) is 3.09. The molecule has 0 atom stereocenters. The molecule has 0 N–H and O–H groups in total. The van der Waals surface area contributed by atoms with E-state index in [1.807, 2.05) is 53.4 Å². The van der Waals surface area contributed by atoms with Gasteiger partial charge >= 0.3 is 0 Å². The Morgan fingerprint density at radius 2 is 1.91 bits per heavy atom. The van der Waals surface area contributed by atoms with Crippen molar-refractivity contribution in [2.45, 2.75) is 4.90 Å². The largest absolute Gasteiger partial charge is 0.457 e. The lowest BCUT2D eigenvalue weighted by Gasteiger charge is -2.22. The van der Waals surface area contributed by atoms with E-state index in [1.165, 1.54) is 11.8 Å². The van der Waals surface area contributed by atoms with Gasteiger partial charge in [0, 0.05) is 11.4 Å². The van der Waals surface area contributed by atoms with Crippen LogP contribution in [0.1, 0.15) is 0 Å². The number of para-hydroxylation sites is 1. The van der Waals surface area contributed by atoms with Gasteiger partial charge in [-0.2, -0.15) is 0 Å². The molecule has 2 aromatic rings. The van der Waals surface area contributed by atoms with Crippen molar-refractivity contribution in [2.75, 3.05) is 17.2 Å². The summed E-state index contributed by atoms with van der Waals surface area (Å²) in [7, 11) is -3.32. The van der Waals surface area contributed by atoms with Crippen molar-refractivity contribution in [3.63, 3.8) is 0 Å². The number of thioether (sulfide) groups is 1. The van der Waals surface area contributed by atoms with Gasteiger partial charge in [-0.25, -0.2) is 8.42 Å². The minimum absolute atomic E-state index is 0.0543. The molecule has 2 heterocycles. The lowest BCUT2D eigenvalue weighted by Crippen LogP contribution is -2.35. The SMILES string of the molecule is O=S1(=O)CCN2C(=N1)Sc1cc(Oc3ccccc3)ccc12. The van der Waals surface area contributed by atoms with Crippen LogP contribution in [-0.2, 0) is 10.0 Å². The van der Waals surface area contributed by atoms with Crippen molar-refractivity contribution in [1.29, 1.82) is 0 Å². The maximum absolute atomic E-state index is 11.6. The number of rotatable bonds is 2. The predicted molar refractivity (Wildman–Crippen MR) is 87.4 cm³/mol. The number of benzene rings is 2. The fourth-order valence-electron chi connectivity index (χ4n) is 2.40. The van der Waals surface area contributed by atoms with Gasteiger partial charge in [0.2, 0.25) is 0 Å². The number of anilines is 1. The molecule has 22 heavy (non-hydrogen) atoms. The van der Waals surface area contributed by atoms with Crippen LogP contribution < -0.4 is 9.64 Å². The van der Waals surface area contributed by atoms with Gasteiger partial charge in [0.1, 0.15) is 11.5 Å². The highest BCUT2D eigenvalue weighted by Gasteiger charge is 2.33.